The molecule has 1 fully saturated rings. The third kappa shape index (κ3) is 4.29. The van der Waals surface area contributed by atoms with E-state index in [0.717, 1.165) is 29.7 Å². The van der Waals surface area contributed by atoms with Crippen LogP contribution in [-0.2, 0) is 4.74 Å². The zero-order chi connectivity index (χ0) is 15.4. The third-order valence-electron chi connectivity index (χ3n) is 3.95. The molecular weight excluding hydrogens is 264 g/mol. The molecule has 1 atom stereocenters. The number of aryl methyl sites for hydroxylation is 2. The Hall–Kier alpha value is -1.39. The van der Waals surface area contributed by atoms with Gasteiger partial charge in [-0.2, -0.15) is 0 Å². The standard InChI is InChI=1S/C17H26N2O2/c1-13-5-6-14(2)16(11-13)17(20)19-9-10-21-15(12-19)7-8-18(3)4/h5-6,11,15H,7-10,12H2,1-4H3/t15-/m0/s1. The van der Waals surface area contributed by atoms with Crippen LogP contribution in [0.3, 0.4) is 0 Å². The quantitative estimate of drug-likeness (QED) is 0.851. The van der Waals surface area contributed by atoms with E-state index in [4.69, 9.17) is 4.74 Å². The lowest BCUT2D eigenvalue weighted by atomic mass is 10.0. The minimum absolute atomic E-state index is 0.134. The molecule has 4 nitrogen and oxygen atoms in total. The molecule has 1 amide bonds. The minimum Gasteiger partial charge on any atom is -0.374 e. The average molecular weight is 290 g/mol. The Morgan fingerprint density at radius 2 is 2.14 bits per heavy atom. The van der Waals surface area contributed by atoms with Gasteiger partial charge in [0.1, 0.15) is 0 Å². The van der Waals surface area contributed by atoms with Crippen LogP contribution in [0.2, 0.25) is 0 Å². The molecule has 0 aliphatic carbocycles. The molecule has 2 rings (SSSR count). The first-order chi connectivity index (χ1) is 9.97. The number of carbonyl (C=O) groups excluding carboxylic acids is 1. The van der Waals surface area contributed by atoms with Crippen LogP contribution in [0.4, 0.5) is 0 Å². The van der Waals surface area contributed by atoms with Gasteiger partial charge in [-0.3, -0.25) is 4.79 Å². The van der Waals surface area contributed by atoms with Gasteiger partial charge >= 0.3 is 0 Å². The zero-order valence-electron chi connectivity index (χ0n) is 13.6. The summed E-state index contributed by atoms with van der Waals surface area (Å²) in [6.45, 7) is 7.02. The molecule has 0 radical (unpaired) electrons. The Morgan fingerprint density at radius 1 is 1.38 bits per heavy atom. The minimum atomic E-state index is 0.134. The summed E-state index contributed by atoms with van der Waals surface area (Å²) in [4.78, 5) is 16.8. The van der Waals surface area contributed by atoms with E-state index in [1.165, 1.54) is 0 Å². The van der Waals surface area contributed by atoms with Crippen molar-refractivity contribution in [2.24, 2.45) is 0 Å². The molecular formula is C17H26N2O2. The van der Waals surface area contributed by atoms with Crippen molar-refractivity contribution >= 4 is 5.91 Å². The van der Waals surface area contributed by atoms with E-state index in [2.05, 4.69) is 19.0 Å². The van der Waals surface area contributed by atoms with Crippen LogP contribution in [0.1, 0.15) is 27.9 Å². The van der Waals surface area contributed by atoms with E-state index in [9.17, 15) is 4.79 Å². The van der Waals surface area contributed by atoms with E-state index >= 15 is 0 Å². The monoisotopic (exact) mass is 290 g/mol. The second kappa shape index (κ2) is 7.05. The van der Waals surface area contributed by atoms with E-state index in [1.807, 2.05) is 36.9 Å². The van der Waals surface area contributed by atoms with E-state index < -0.39 is 0 Å². The van der Waals surface area contributed by atoms with Crippen molar-refractivity contribution < 1.29 is 9.53 Å². The van der Waals surface area contributed by atoms with Gasteiger partial charge in [0.2, 0.25) is 0 Å². The number of hydrogen-bond acceptors (Lipinski definition) is 3. The summed E-state index contributed by atoms with van der Waals surface area (Å²) >= 11 is 0. The third-order valence-corrected chi connectivity index (χ3v) is 3.95. The van der Waals surface area contributed by atoms with Crippen LogP contribution in [0, 0.1) is 13.8 Å². The normalized spacial score (nSPS) is 19.1. The summed E-state index contributed by atoms with van der Waals surface area (Å²) in [7, 11) is 4.11. The predicted molar refractivity (Wildman–Crippen MR) is 84.7 cm³/mol. The summed E-state index contributed by atoms with van der Waals surface area (Å²) in [5.74, 6) is 0.134. The lowest BCUT2D eigenvalue weighted by Gasteiger charge is -2.34. The SMILES string of the molecule is Cc1ccc(C)c(C(=O)N2CCO[C@@H](CCN(C)C)C2)c1. The molecule has 1 aliphatic heterocycles. The largest absolute Gasteiger partial charge is 0.374 e. The molecule has 4 heteroatoms. The lowest BCUT2D eigenvalue weighted by Crippen LogP contribution is -2.46. The number of morpholine rings is 1. The molecule has 0 aromatic heterocycles. The number of carbonyl (C=O) groups is 1. The first-order valence-corrected chi connectivity index (χ1v) is 7.60. The second-order valence-corrected chi connectivity index (χ2v) is 6.15. The maximum Gasteiger partial charge on any atom is 0.254 e. The van der Waals surface area contributed by atoms with Crippen molar-refractivity contribution in [3.63, 3.8) is 0 Å². The summed E-state index contributed by atoms with van der Waals surface area (Å²) in [6.07, 6.45) is 1.11. The number of nitrogens with zero attached hydrogens (tertiary/aromatic N) is 2. The highest BCUT2D eigenvalue weighted by Gasteiger charge is 2.25. The molecule has 0 saturated carbocycles. The van der Waals surface area contributed by atoms with Crippen molar-refractivity contribution in [2.75, 3.05) is 40.3 Å². The van der Waals surface area contributed by atoms with Crippen LogP contribution in [0.5, 0.6) is 0 Å². The molecule has 1 heterocycles. The number of benzene rings is 1. The maximum atomic E-state index is 12.7. The van der Waals surface area contributed by atoms with Gasteiger partial charge in [0, 0.05) is 25.2 Å². The van der Waals surface area contributed by atoms with Crippen LogP contribution in [0.25, 0.3) is 0 Å². The number of hydrogen-bond donors (Lipinski definition) is 0. The van der Waals surface area contributed by atoms with Crippen molar-refractivity contribution in [1.29, 1.82) is 0 Å². The van der Waals surface area contributed by atoms with Crippen molar-refractivity contribution in [3.8, 4) is 0 Å². The Morgan fingerprint density at radius 3 is 2.86 bits per heavy atom. The summed E-state index contributed by atoms with van der Waals surface area (Å²) < 4.78 is 5.78. The highest BCUT2D eigenvalue weighted by molar-refractivity contribution is 5.95. The van der Waals surface area contributed by atoms with Gasteiger partial charge in [-0.25, -0.2) is 0 Å². The molecule has 0 N–H and O–H groups in total. The number of ether oxygens (including phenoxy) is 1. The van der Waals surface area contributed by atoms with Crippen molar-refractivity contribution in [3.05, 3.63) is 34.9 Å². The lowest BCUT2D eigenvalue weighted by molar-refractivity contribution is -0.0270. The maximum absolute atomic E-state index is 12.7. The van der Waals surface area contributed by atoms with Gasteiger partial charge in [0.15, 0.2) is 0 Å². The highest BCUT2D eigenvalue weighted by atomic mass is 16.5. The Balaban J connectivity index is 2.03. The molecule has 0 unspecified atom stereocenters. The number of amides is 1. The first-order valence-electron chi connectivity index (χ1n) is 7.60. The number of rotatable bonds is 4. The molecule has 116 valence electrons. The summed E-state index contributed by atoms with van der Waals surface area (Å²) in [6, 6.07) is 6.06. The van der Waals surface area contributed by atoms with Crippen molar-refractivity contribution in [1.82, 2.24) is 9.80 Å². The van der Waals surface area contributed by atoms with Gasteiger partial charge in [-0.05, 0) is 46.0 Å². The Bertz CT molecular complexity index is 500. The van der Waals surface area contributed by atoms with Crippen LogP contribution in [-0.4, -0.2) is 62.1 Å². The Labute approximate surface area is 127 Å². The van der Waals surface area contributed by atoms with Gasteiger partial charge in [-0.15, -0.1) is 0 Å². The zero-order valence-corrected chi connectivity index (χ0v) is 13.6. The predicted octanol–water partition coefficient (Wildman–Crippen LogP) is 2.10. The van der Waals surface area contributed by atoms with E-state index in [0.29, 0.717) is 19.7 Å². The molecule has 0 spiro atoms. The van der Waals surface area contributed by atoms with Crippen LogP contribution >= 0.6 is 0 Å². The average Bonchev–Trinajstić information content (AvgIpc) is 2.47. The molecule has 1 aromatic carbocycles. The van der Waals surface area contributed by atoms with Crippen molar-refractivity contribution in [2.45, 2.75) is 26.4 Å². The highest BCUT2D eigenvalue weighted by Crippen LogP contribution is 2.17. The topological polar surface area (TPSA) is 32.8 Å². The van der Waals surface area contributed by atoms with Gasteiger partial charge in [-0.1, -0.05) is 17.7 Å². The van der Waals surface area contributed by atoms with Crippen LogP contribution in [0.15, 0.2) is 18.2 Å². The fourth-order valence-corrected chi connectivity index (χ4v) is 2.62. The van der Waals surface area contributed by atoms with E-state index in [-0.39, 0.29) is 12.0 Å². The molecule has 0 bridgehead atoms. The molecule has 21 heavy (non-hydrogen) atoms. The summed E-state index contributed by atoms with van der Waals surface area (Å²) in [5, 5.41) is 0. The summed E-state index contributed by atoms with van der Waals surface area (Å²) in [5.41, 5.74) is 2.99. The van der Waals surface area contributed by atoms with Gasteiger partial charge < -0.3 is 14.5 Å². The smallest absolute Gasteiger partial charge is 0.254 e. The first kappa shape index (κ1) is 16.0. The Kier molecular flexibility index (Phi) is 5.37. The van der Waals surface area contributed by atoms with Crippen LogP contribution < -0.4 is 0 Å². The second-order valence-electron chi connectivity index (χ2n) is 6.15. The van der Waals surface area contributed by atoms with Gasteiger partial charge in [0.25, 0.3) is 5.91 Å². The molecule has 1 aliphatic rings. The fourth-order valence-electron chi connectivity index (χ4n) is 2.62. The molecule has 1 aromatic rings. The fraction of sp³-hybridized carbons (Fsp3) is 0.588. The molecule has 1 saturated heterocycles. The van der Waals surface area contributed by atoms with Gasteiger partial charge in [0.05, 0.1) is 12.7 Å². The van der Waals surface area contributed by atoms with E-state index in [1.54, 1.807) is 0 Å².